The van der Waals surface area contributed by atoms with E-state index in [1.54, 1.807) is 41.0 Å². The zero-order chi connectivity index (χ0) is 19.6. The van der Waals surface area contributed by atoms with Gasteiger partial charge in [0.25, 0.3) is 0 Å². The van der Waals surface area contributed by atoms with Gasteiger partial charge in [-0.3, -0.25) is 9.88 Å². The standard InChI is InChI=1S/C20H23N5O2S/c1-17-18(16-25(22-17)19-7-9-21-10-8-19)15-23-11-13-24(14-12-23)28(26,27)20-5-3-2-4-6-20/h2-10,16H,11-15H2,1H3. The second kappa shape index (κ2) is 7.83. The number of hydrogen-bond donors (Lipinski definition) is 0. The minimum atomic E-state index is -3.41. The second-order valence-electron chi connectivity index (χ2n) is 6.88. The minimum absolute atomic E-state index is 0.359. The minimum Gasteiger partial charge on any atom is -0.296 e. The monoisotopic (exact) mass is 397 g/mol. The predicted molar refractivity (Wildman–Crippen MR) is 107 cm³/mol. The molecule has 0 saturated carbocycles. The van der Waals surface area contributed by atoms with Gasteiger partial charge in [-0.25, -0.2) is 13.1 Å². The molecule has 0 bridgehead atoms. The molecular weight excluding hydrogens is 374 g/mol. The molecule has 3 aromatic rings. The molecule has 8 heteroatoms. The van der Waals surface area contributed by atoms with Gasteiger partial charge >= 0.3 is 0 Å². The Labute approximate surface area is 165 Å². The van der Waals surface area contributed by atoms with Crippen molar-refractivity contribution >= 4 is 10.0 Å². The van der Waals surface area contributed by atoms with Crippen molar-refractivity contribution in [2.75, 3.05) is 26.2 Å². The largest absolute Gasteiger partial charge is 0.296 e. The molecular formula is C20H23N5O2S. The van der Waals surface area contributed by atoms with Crippen LogP contribution in [0.3, 0.4) is 0 Å². The van der Waals surface area contributed by atoms with Gasteiger partial charge < -0.3 is 0 Å². The molecule has 7 nitrogen and oxygen atoms in total. The number of aromatic nitrogens is 3. The Morgan fingerprint density at radius 1 is 0.964 bits per heavy atom. The fourth-order valence-corrected chi connectivity index (χ4v) is 4.83. The molecule has 0 spiro atoms. The first kappa shape index (κ1) is 18.8. The molecule has 0 N–H and O–H groups in total. The molecule has 2 aromatic heterocycles. The molecule has 0 aliphatic carbocycles. The number of sulfonamides is 1. The smallest absolute Gasteiger partial charge is 0.243 e. The fraction of sp³-hybridized carbons (Fsp3) is 0.300. The summed E-state index contributed by atoms with van der Waals surface area (Å²) in [6.07, 6.45) is 5.54. The van der Waals surface area contributed by atoms with Crippen LogP contribution in [0.2, 0.25) is 0 Å². The zero-order valence-electron chi connectivity index (χ0n) is 15.8. The van der Waals surface area contributed by atoms with Gasteiger partial charge in [0.2, 0.25) is 10.0 Å². The molecule has 28 heavy (non-hydrogen) atoms. The summed E-state index contributed by atoms with van der Waals surface area (Å²) in [6, 6.07) is 12.5. The van der Waals surface area contributed by atoms with E-state index in [0.29, 0.717) is 31.1 Å². The molecule has 4 rings (SSSR count). The molecule has 1 aliphatic heterocycles. The van der Waals surface area contributed by atoms with E-state index in [-0.39, 0.29) is 0 Å². The lowest BCUT2D eigenvalue weighted by Crippen LogP contribution is -2.48. The molecule has 146 valence electrons. The summed E-state index contributed by atoms with van der Waals surface area (Å²) in [4.78, 5) is 6.67. The molecule has 1 aromatic carbocycles. The quantitative estimate of drug-likeness (QED) is 0.659. The van der Waals surface area contributed by atoms with E-state index in [0.717, 1.165) is 23.5 Å². The van der Waals surface area contributed by atoms with Crippen LogP contribution in [0.1, 0.15) is 11.3 Å². The van der Waals surface area contributed by atoms with Crippen molar-refractivity contribution in [2.24, 2.45) is 0 Å². The number of nitrogens with zero attached hydrogens (tertiary/aromatic N) is 5. The SMILES string of the molecule is Cc1nn(-c2ccncc2)cc1CN1CCN(S(=O)(=O)c2ccccc2)CC1. The summed E-state index contributed by atoms with van der Waals surface area (Å²) in [7, 11) is -3.41. The molecule has 3 heterocycles. The molecule has 0 amide bonds. The van der Waals surface area contributed by atoms with Crippen molar-refractivity contribution in [1.82, 2.24) is 24.0 Å². The van der Waals surface area contributed by atoms with E-state index < -0.39 is 10.0 Å². The molecule has 0 radical (unpaired) electrons. The van der Waals surface area contributed by atoms with Crippen LogP contribution in [0.4, 0.5) is 0 Å². The Morgan fingerprint density at radius 3 is 2.32 bits per heavy atom. The Balaban J connectivity index is 1.41. The van der Waals surface area contributed by atoms with E-state index in [1.807, 2.05) is 36.0 Å². The molecule has 0 unspecified atom stereocenters. The third-order valence-corrected chi connectivity index (χ3v) is 6.95. The van der Waals surface area contributed by atoms with Crippen LogP contribution in [0.15, 0.2) is 66.0 Å². The Hall–Kier alpha value is -2.55. The predicted octanol–water partition coefficient (Wildman–Crippen LogP) is 2.08. The lowest BCUT2D eigenvalue weighted by atomic mass is 10.2. The highest BCUT2D eigenvalue weighted by atomic mass is 32.2. The highest BCUT2D eigenvalue weighted by Gasteiger charge is 2.28. The summed E-state index contributed by atoms with van der Waals surface area (Å²) in [5.41, 5.74) is 3.11. The number of hydrogen-bond acceptors (Lipinski definition) is 5. The van der Waals surface area contributed by atoms with Crippen LogP contribution < -0.4 is 0 Å². The van der Waals surface area contributed by atoms with Gasteiger partial charge in [0, 0.05) is 56.9 Å². The Kier molecular flexibility index (Phi) is 5.25. The van der Waals surface area contributed by atoms with Crippen molar-refractivity contribution in [3.63, 3.8) is 0 Å². The molecule has 1 saturated heterocycles. The van der Waals surface area contributed by atoms with Gasteiger partial charge in [-0.05, 0) is 31.2 Å². The number of piperazine rings is 1. The second-order valence-corrected chi connectivity index (χ2v) is 8.82. The van der Waals surface area contributed by atoms with E-state index in [4.69, 9.17) is 0 Å². The lowest BCUT2D eigenvalue weighted by Gasteiger charge is -2.33. The van der Waals surface area contributed by atoms with Gasteiger partial charge in [-0.1, -0.05) is 18.2 Å². The maximum Gasteiger partial charge on any atom is 0.243 e. The molecule has 0 atom stereocenters. The normalized spacial score (nSPS) is 16.3. The van der Waals surface area contributed by atoms with E-state index in [9.17, 15) is 8.42 Å². The highest BCUT2D eigenvalue weighted by Crippen LogP contribution is 2.19. The number of benzene rings is 1. The maximum atomic E-state index is 12.8. The number of aryl methyl sites for hydroxylation is 1. The van der Waals surface area contributed by atoms with Crippen LogP contribution in [-0.2, 0) is 16.6 Å². The van der Waals surface area contributed by atoms with Crippen LogP contribution in [0.25, 0.3) is 5.69 Å². The van der Waals surface area contributed by atoms with Gasteiger partial charge in [0.1, 0.15) is 0 Å². The topological polar surface area (TPSA) is 71.3 Å². The number of pyridine rings is 1. The van der Waals surface area contributed by atoms with Gasteiger partial charge in [0.05, 0.1) is 16.3 Å². The van der Waals surface area contributed by atoms with E-state index >= 15 is 0 Å². The molecule has 1 aliphatic rings. The van der Waals surface area contributed by atoms with Crippen LogP contribution in [-0.4, -0.2) is 58.6 Å². The van der Waals surface area contributed by atoms with Gasteiger partial charge in [0.15, 0.2) is 0 Å². The van der Waals surface area contributed by atoms with Crippen LogP contribution in [0.5, 0.6) is 0 Å². The first-order valence-corrected chi connectivity index (χ1v) is 10.7. The maximum absolute atomic E-state index is 12.8. The zero-order valence-corrected chi connectivity index (χ0v) is 16.6. The van der Waals surface area contributed by atoms with Crippen molar-refractivity contribution < 1.29 is 8.42 Å². The van der Waals surface area contributed by atoms with E-state index in [1.165, 1.54) is 0 Å². The Bertz CT molecular complexity index is 1030. The third kappa shape index (κ3) is 3.84. The Morgan fingerprint density at radius 2 is 1.64 bits per heavy atom. The van der Waals surface area contributed by atoms with Gasteiger partial charge in [-0.15, -0.1) is 0 Å². The number of rotatable bonds is 5. The van der Waals surface area contributed by atoms with Gasteiger partial charge in [-0.2, -0.15) is 9.40 Å². The van der Waals surface area contributed by atoms with Crippen molar-refractivity contribution in [2.45, 2.75) is 18.4 Å². The highest BCUT2D eigenvalue weighted by molar-refractivity contribution is 7.89. The summed E-state index contributed by atoms with van der Waals surface area (Å²) >= 11 is 0. The van der Waals surface area contributed by atoms with Crippen molar-refractivity contribution in [3.05, 3.63) is 72.3 Å². The summed E-state index contributed by atoms with van der Waals surface area (Å²) < 4.78 is 29.0. The first-order valence-electron chi connectivity index (χ1n) is 9.27. The summed E-state index contributed by atoms with van der Waals surface area (Å²) in [6.45, 7) is 5.15. The van der Waals surface area contributed by atoms with Crippen molar-refractivity contribution in [3.8, 4) is 5.69 Å². The van der Waals surface area contributed by atoms with Crippen LogP contribution in [0, 0.1) is 6.92 Å². The summed E-state index contributed by atoms with van der Waals surface area (Å²) in [5, 5.41) is 4.60. The van der Waals surface area contributed by atoms with Crippen molar-refractivity contribution in [1.29, 1.82) is 0 Å². The lowest BCUT2D eigenvalue weighted by molar-refractivity contribution is 0.181. The third-order valence-electron chi connectivity index (χ3n) is 5.03. The molecule has 1 fully saturated rings. The average molecular weight is 398 g/mol. The first-order chi connectivity index (χ1) is 13.5. The summed E-state index contributed by atoms with van der Waals surface area (Å²) in [5.74, 6) is 0. The fourth-order valence-electron chi connectivity index (χ4n) is 3.39. The van der Waals surface area contributed by atoms with Crippen LogP contribution >= 0.6 is 0 Å². The van der Waals surface area contributed by atoms with E-state index in [2.05, 4.69) is 15.0 Å². The average Bonchev–Trinajstić information content (AvgIpc) is 3.10.